The Hall–Kier alpha value is -4.28. The molecular formula is C36H49N3O8. The first kappa shape index (κ1) is 35.6. The number of aryl methyl sites for hydroxylation is 1. The van der Waals surface area contributed by atoms with Crippen molar-refractivity contribution in [2.24, 2.45) is 5.41 Å². The summed E-state index contributed by atoms with van der Waals surface area (Å²) >= 11 is 0. The van der Waals surface area contributed by atoms with E-state index in [1.165, 1.54) is 6.92 Å². The van der Waals surface area contributed by atoms with Gasteiger partial charge in [-0.25, -0.2) is 0 Å². The van der Waals surface area contributed by atoms with Crippen LogP contribution in [-0.4, -0.2) is 57.3 Å². The van der Waals surface area contributed by atoms with Crippen molar-refractivity contribution < 1.29 is 33.7 Å². The summed E-state index contributed by atoms with van der Waals surface area (Å²) in [5.41, 5.74) is 3.14. The summed E-state index contributed by atoms with van der Waals surface area (Å²) in [6, 6.07) is 6.79. The number of hydrogen-bond donors (Lipinski definition) is 4. The molecule has 1 saturated carbocycles. The third kappa shape index (κ3) is 8.96. The molecule has 2 aromatic rings. The van der Waals surface area contributed by atoms with Crippen molar-refractivity contribution >= 4 is 23.5 Å². The quantitative estimate of drug-likeness (QED) is 0.186. The highest BCUT2D eigenvalue weighted by Crippen LogP contribution is 2.50. The number of amides is 2. The molecule has 0 aliphatic heterocycles. The fourth-order valence-corrected chi connectivity index (χ4v) is 7.08. The van der Waals surface area contributed by atoms with Crippen molar-refractivity contribution in [2.45, 2.75) is 90.0 Å². The van der Waals surface area contributed by atoms with E-state index in [0.29, 0.717) is 67.3 Å². The van der Waals surface area contributed by atoms with Crippen LogP contribution in [0, 0.1) is 5.41 Å². The summed E-state index contributed by atoms with van der Waals surface area (Å²) in [6.45, 7) is 2.43. The Labute approximate surface area is 276 Å². The van der Waals surface area contributed by atoms with E-state index in [4.69, 9.17) is 14.2 Å². The van der Waals surface area contributed by atoms with Gasteiger partial charge >= 0.3 is 5.97 Å². The van der Waals surface area contributed by atoms with Crippen LogP contribution in [0.25, 0.3) is 11.1 Å². The number of nitrogens with one attached hydrogen (secondary N) is 3. The second-order valence-electron chi connectivity index (χ2n) is 12.7. The molecule has 256 valence electrons. The van der Waals surface area contributed by atoms with Crippen LogP contribution in [0.3, 0.4) is 0 Å². The van der Waals surface area contributed by atoms with Crippen molar-refractivity contribution in [1.82, 2.24) is 10.6 Å². The number of unbranched alkanes of at least 4 members (excludes halogenated alkanes) is 2. The SMILES string of the molecule is COc1cc2c(c(OC)c1OC)-c1ccc(NCCCCCC(=O)NCC3(CC(=O)O)CCCCC3)c(=O)cc1C(NC(C)=O)CC2. The average Bonchev–Trinajstić information content (AvgIpc) is 3.29. The van der Waals surface area contributed by atoms with Gasteiger partial charge in [0.1, 0.15) is 0 Å². The van der Waals surface area contributed by atoms with Gasteiger partial charge in [0.15, 0.2) is 11.5 Å². The number of carbonyl (C=O) groups excluding carboxylic acids is 2. The number of carboxylic acids is 1. The first-order valence-electron chi connectivity index (χ1n) is 16.6. The molecule has 1 fully saturated rings. The zero-order valence-electron chi connectivity index (χ0n) is 28.1. The summed E-state index contributed by atoms with van der Waals surface area (Å²) in [7, 11) is 4.69. The summed E-state index contributed by atoms with van der Waals surface area (Å²) in [5, 5.41) is 18.7. The summed E-state index contributed by atoms with van der Waals surface area (Å²) in [5.74, 6) is 0.445. The maximum absolute atomic E-state index is 13.5. The zero-order chi connectivity index (χ0) is 34.0. The molecule has 1 unspecified atom stereocenters. The van der Waals surface area contributed by atoms with E-state index in [9.17, 15) is 24.3 Å². The van der Waals surface area contributed by atoms with Crippen LogP contribution >= 0.6 is 0 Å². The Kier molecular flexibility index (Phi) is 12.5. The zero-order valence-corrected chi connectivity index (χ0v) is 28.1. The number of benzene rings is 1. The normalized spacial score (nSPS) is 16.5. The molecule has 2 aliphatic rings. The number of aliphatic carboxylic acids is 1. The molecule has 2 aromatic carbocycles. The lowest BCUT2D eigenvalue weighted by Gasteiger charge is -2.36. The Morgan fingerprint density at radius 1 is 0.957 bits per heavy atom. The van der Waals surface area contributed by atoms with Crippen LogP contribution in [0.5, 0.6) is 17.2 Å². The second kappa shape index (κ2) is 16.5. The monoisotopic (exact) mass is 651 g/mol. The van der Waals surface area contributed by atoms with Gasteiger partial charge in [0, 0.05) is 32.0 Å². The molecule has 4 rings (SSSR count). The number of carboxylic acid groups (broad SMARTS) is 1. The molecule has 0 spiro atoms. The lowest BCUT2D eigenvalue weighted by Crippen LogP contribution is -2.40. The summed E-state index contributed by atoms with van der Waals surface area (Å²) in [6.07, 6.45) is 8.72. The number of carbonyl (C=O) groups is 3. The topological polar surface area (TPSA) is 152 Å². The lowest BCUT2D eigenvalue weighted by atomic mass is 9.71. The molecule has 0 aromatic heterocycles. The lowest BCUT2D eigenvalue weighted by molar-refractivity contribution is -0.140. The van der Waals surface area contributed by atoms with Gasteiger partial charge < -0.3 is 35.3 Å². The number of methoxy groups -OCH3 is 3. The minimum Gasteiger partial charge on any atom is -0.493 e. The molecule has 2 aliphatic carbocycles. The Balaban J connectivity index is 1.43. The van der Waals surface area contributed by atoms with Crippen molar-refractivity contribution in [3.05, 3.63) is 45.6 Å². The molecule has 2 amide bonds. The fraction of sp³-hybridized carbons (Fsp3) is 0.556. The van der Waals surface area contributed by atoms with Crippen LogP contribution < -0.4 is 35.6 Å². The predicted octanol–water partition coefficient (Wildman–Crippen LogP) is 5.38. The van der Waals surface area contributed by atoms with Crippen molar-refractivity contribution in [3.8, 4) is 28.4 Å². The van der Waals surface area contributed by atoms with Crippen LogP contribution in [0.2, 0.25) is 0 Å². The average molecular weight is 652 g/mol. The number of rotatable bonds is 15. The van der Waals surface area contributed by atoms with Gasteiger partial charge in [-0.1, -0.05) is 31.7 Å². The maximum atomic E-state index is 13.5. The minimum atomic E-state index is -0.810. The van der Waals surface area contributed by atoms with Crippen molar-refractivity contribution in [1.29, 1.82) is 0 Å². The highest BCUT2D eigenvalue weighted by Gasteiger charge is 2.35. The molecule has 47 heavy (non-hydrogen) atoms. The van der Waals surface area contributed by atoms with Crippen molar-refractivity contribution in [2.75, 3.05) is 39.7 Å². The smallest absolute Gasteiger partial charge is 0.303 e. The molecule has 4 N–H and O–H groups in total. The third-order valence-electron chi connectivity index (χ3n) is 9.41. The summed E-state index contributed by atoms with van der Waals surface area (Å²) in [4.78, 5) is 49.6. The first-order valence-corrected chi connectivity index (χ1v) is 16.6. The highest BCUT2D eigenvalue weighted by atomic mass is 16.5. The van der Waals surface area contributed by atoms with E-state index in [2.05, 4.69) is 16.0 Å². The van der Waals surface area contributed by atoms with Gasteiger partial charge in [0.2, 0.25) is 23.0 Å². The van der Waals surface area contributed by atoms with Crippen LogP contribution in [0.1, 0.15) is 94.7 Å². The van der Waals surface area contributed by atoms with E-state index in [1.807, 2.05) is 12.1 Å². The molecule has 0 bridgehead atoms. The van der Waals surface area contributed by atoms with Gasteiger partial charge in [-0.15, -0.1) is 0 Å². The second-order valence-corrected chi connectivity index (χ2v) is 12.7. The van der Waals surface area contributed by atoms with Gasteiger partial charge in [-0.05, 0) is 78.8 Å². The van der Waals surface area contributed by atoms with E-state index in [1.54, 1.807) is 33.5 Å². The maximum Gasteiger partial charge on any atom is 0.303 e. The van der Waals surface area contributed by atoms with E-state index < -0.39 is 5.97 Å². The molecule has 0 saturated heterocycles. The minimum absolute atomic E-state index is 0.0505. The van der Waals surface area contributed by atoms with Gasteiger partial charge in [0.25, 0.3) is 0 Å². The Morgan fingerprint density at radius 3 is 2.36 bits per heavy atom. The fourth-order valence-electron chi connectivity index (χ4n) is 7.08. The first-order chi connectivity index (χ1) is 22.6. The number of anilines is 1. The van der Waals surface area contributed by atoms with Crippen LogP contribution in [-0.2, 0) is 20.8 Å². The highest BCUT2D eigenvalue weighted by molar-refractivity contribution is 5.84. The number of fused-ring (bicyclic) bond motifs is 3. The van der Waals surface area contributed by atoms with Crippen LogP contribution in [0.15, 0.2) is 29.1 Å². The number of hydrogen-bond acceptors (Lipinski definition) is 8. The molecule has 0 radical (unpaired) electrons. The molecule has 1 atom stereocenters. The summed E-state index contributed by atoms with van der Waals surface area (Å²) < 4.78 is 17.1. The molecule has 11 nitrogen and oxygen atoms in total. The van der Waals surface area contributed by atoms with E-state index in [-0.39, 0.29) is 35.1 Å². The molecular weight excluding hydrogens is 602 g/mol. The van der Waals surface area contributed by atoms with Crippen molar-refractivity contribution in [3.63, 3.8) is 0 Å². The van der Waals surface area contributed by atoms with Gasteiger partial charge in [-0.3, -0.25) is 19.2 Å². The third-order valence-corrected chi connectivity index (χ3v) is 9.41. The van der Waals surface area contributed by atoms with Gasteiger partial charge in [0.05, 0.1) is 39.5 Å². The number of ether oxygens (including phenoxy) is 3. The largest absolute Gasteiger partial charge is 0.493 e. The van der Waals surface area contributed by atoms with Crippen LogP contribution in [0.4, 0.5) is 5.69 Å². The van der Waals surface area contributed by atoms with E-state index in [0.717, 1.165) is 61.6 Å². The van der Waals surface area contributed by atoms with E-state index >= 15 is 0 Å². The Bertz CT molecular complexity index is 1500. The Morgan fingerprint density at radius 2 is 1.70 bits per heavy atom. The van der Waals surface area contributed by atoms with Gasteiger partial charge in [-0.2, -0.15) is 0 Å². The molecule has 0 heterocycles. The predicted molar refractivity (Wildman–Crippen MR) is 180 cm³/mol. The molecule has 11 heteroatoms. The standard InChI is InChI=1S/C36H49N3O8/c1-23(40)39-27-14-12-24-19-30(45-2)34(46-3)35(47-4)33(24)25-13-15-28(29(41)20-26(25)27)37-18-10-5-7-11-31(42)38-22-36(21-32(43)44)16-8-6-9-17-36/h13,15,19-20,27H,5-12,14,16-18,21-22H2,1-4H3,(H,37,41)(H,38,42)(H,39,40)(H,43,44).